The molecule has 18 heavy (non-hydrogen) atoms. The van der Waals surface area contributed by atoms with Gasteiger partial charge in [-0.05, 0) is 61.2 Å². The Bertz CT molecular complexity index is 532. The lowest BCUT2D eigenvalue weighted by Gasteiger charge is -2.14. The maximum absolute atomic E-state index is 10.3. The van der Waals surface area contributed by atoms with Gasteiger partial charge in [-0.3, -0.25) is 0 Å². The predicted octanol–water partition coefficient (Wildman–Crippen LogP) is 3.30. The lowest BCUT2D eigenvalue weighted by molar-refractivity contribution is 0.188. The number of furan rings is 1. The Hall–Kier alpha value is -1.74. The predicted molar refractivity (Wildman–Crippen MR) is 70.0 cm³/mol. The topological polar surface area (TPSA) is 42.6 Å². The molecule has 0 radical (unpaired) electrons. The zero-order valence-corrected chi connectivity index (χ0v) is 11.2. The maximum atomic E-state index is 10.3. The molecule has 0 aliphatic heterocycles. The van der Waals surface area contributed by atoms with Crippen LogP contribution in [0.4, 0.5) is 0 Å². The van der Waals surface area contributed by atoms with Crippen molar-refractivity contribution in [1.29, 1.82) is 0 Å². The molecule has 1 N–H and O–H groups in total. The van der Waals surface area contributed by atoms with E-state index >= 15 is 0 Å². The van der Waals surface area contributed by atoms with E-state index in [1.54, 1.807) is 13.4 Å². The highest BCUT2D eigenvalue weighted by molar-refractivity contribution is 5.45. The number of ether oxygens (including phenoxy) is 1. The van der Waals surface area contributed by atoms with Crippen LogP contribution in [-0.2, 0) is 0 Å². The molecule has 96 valence electrons. The van der Waals surface area contributed by atoms with Gasteiger partial charge in [-0.15, -0.1) is 0 Å². The zero-order chi connectivity index (χ0) is 13.3. The van der Waals surface area contributed by atoms with E-state index in [0.29, 0.717) is 5.76 Å². The summed E-state index contributed by atoms with van der Waals surface area (Å²) in [5, 5.41) is 10.3. The van der Waals surface area contributed by atoms with Gasteiger partial charge in [-0.2, -0.15) is 0 Å². The SMILES string of the molecule is COc1c(C)cc(C(O)c2occc2C)cc1C. The van der Waals surface area contributed by atoms with Gasteiger partial charge in [0.1, 0.15) is 17.6 Å². The molecular formula is C15H18O3. The van der Waals surface area contributed by atoms with E-state index in [0.717, 1.165) is 28.0 Å². The summed E-state index contributed by atoms with van der Waals surface area (Å²) in [6, 6.07) is 5.71. The number of aryl methyl sites for hydroxylation is 3. The third-order valence-corrected chi connectivity index (χ3v) is 3.15. The summed E-state index contributed by atoms with van der Waals surface area (Å²) >= 11 is 0. The van der Waals surface area contributed by atoms with Crippen LogP contribution >= 0.6 is 0 Å². The summed E-state index contributed by atoms with van der Waals surface area (Å²) in [7, 11) is 1.65. The average Bonchev–Trinajstić information content (AvgIpc) is 2.74. The van der Waals surface area contributed by atoms with Crippen LogP contribution in [0.2, 0.25) is 0 Å². The summed E-state index contributed by atoms with van der Waals surface area (Å²) in [6.45, 7) is 5.86. The van der Waals surface area contributed by atoms with Crippen LogP contribution in [0.5, 0.6) is 5.75 Å². The molecule has 1 aromatic carbocycles. The third-order valence-electron chi connectivity index (χ3n) is 3.15. The van der Waals surface area contributed by atoms with Gasteiger partial charge >= 0.3 is 0 Å². The van der Waals surface area contributed by atoms with E-state index in [-0.39, 0.29) is 0 Å². The molecule has 0 saturated heterocycles. The van der Waals surface area contributed by atoms with Gasteiger partial charge in [0.25, 0.3) is 0 Å². The first-order valence-electron chi connectivity index (χ1n) is 5.91. The van der Waals surface area contributed by atoms with Crippen molar-refractivity contribution in [3.05, 3.63) is 52.5 Å². The van der Waals surface area contributed by atoms with Crippen molar-refractivity contribution >= 4 is 0 Å². The standard InChI is InChI=1S/C15H18O3/c1-9-5-6-18-15(9)13(16)12-7-10(2)14(17-4)11(3)8-12/h5-8,13,16H,1-4H3. The quantitative estimate of drug-likeness (QED) is 0.903. The highest BCUT2D eigenvalue weighted by Gasteiger charge is 2.18. The van der Waals surface area contributed by atoms with Crippen LogP contribution in [0, 0.1) is 20.8 Å². The molecule has 2 aromatic rings. The highest BCUT2D eigenvalue weighted by atomic mass is 16.5. The maximum Gasteiger partial charge on any atom is 0.139 e. The fourth-order valence-corrected chi connectivity index (χ4v) is 2.28. The minimum atomic E-state index is -0.733. The van der Waals surface area contributed by atoms with E-state index in [9.17, 15) is 5.11 Å². The largest absolute Gasteiger partial charge is 0.496 e. The van der Waals surface area contributed by atoms with Gasteiger partial charge in [0.2, 0.25) is 0 Å². The van der Waals surface area contributed by atoms with Crippen molar-refractivity contribution in [2.45, 2.75) is 26.9 Å². The number of hydrogen-bond donors (Lipinski definition) is 1. The minimum Gasteiger partial charge on any atom is -0.496 e. The van der Waals surface area contributed by atoms with Crippen molar-refractivity contribution in [2.75, 3.05) is 7.11 Å². The molecule has 0 spiro atoms. The molecule has 1 atom stereocenters. The Morgan fingerprint density at radius 3 is 2.17 bits per heavy atom. The first kappa shape index (κ1) is 12.7. The molecule has 1 unspecified atom stereocenters. The normalized spacial score (nSPS) is 12.5. The Morgan fingerprint density at radius 2 is 1.72 bits per heavy atom. The second-order valence-electron chi connectivity index (χ2n) is 4.56. The molecule has 0 fully saturated rings. The Labute approximate surface area is 107 Å². The second kappa shape index (κ2) is 4.86. The van der Waals surface area contributed by atoms with Gasteiger partial charge in [0.15, 0.2) is 0 Å². The fourth-order valence-electron chi connectivity index (χ4n) is 2.28. The van der Waals surface area contributed by atoms with Crippen LogP contribution in [0.3, 0.4) is 0 Å². The molecule has 0 aliphatic rings. The average molecular weight is 246 g/mol. The number of benzene rings is 1. The van der Waals surface area contributed by atoms with E-state index < -0.39 is 6.10 Å². The molecular weight excluding hydrogens is 228 g/mol. The summed E-state index contributed by atoms with van der Waals surface area (Å²) in [4.78, 5) is 0. The molecule has 1 heterocycles. The summed E-state index contributed by atoms with van der Waals surface area (Å²) in [5.41, 5.74) is 3.80. The lowest BCUT2D eigenvalue weighted by atomic mass is 9.99. The Kier molecular flexibility index (Phi) is 3.43. The first-order valence-corrected chi connectivity index (χ1v) is 5.91. The van der Waals surface area contributed by atoms with Gasteiger partial charge in [0.05, 0.1) is 13.4 Å². The van der Waals surface area contributed by atoms with Gasteiger partial charge in [0, 0.05) is 0 Å². The van der Waals surface area contributed by atoms with E-state index in [1.807, 2.05) is 39.0 Å². The van der Waals surface area contributed by atoms with E-state index in [1.165, 1.54) is 0 Å². The number of rotatable bonds is 3. The molecule has 2 rings (SSSR count). The smallest absolute Gasteiger partial charge is 0.139 e. The first-order chi connectivity index (χ1) is 8.54. The van der Waals surface area contributed by atoms with Crippen molar-refractivity contribution in [3.8, 4) is 5.75 Å². The van der Waals surface area contributed by atoms with Crippen molar-refractivity contribution < 1.29 is 14.3 Å². The van der Waals surface area contributed by atoms with Crippen LogP contribution < -0.4 is 4.74 Å². The minimum absolute atomic E-state index is 0.596. The molecule has 1 aromatic heterocycles. The Morgan fingerprint density at radius 1 is 1.11 bits per heavy atom. The molecule has 3 nitrogen and oxygen atoms in total. The van der Waals surface area contributed by atoms with Crippen LogP contribution in [-0.4, -0.2) is 12.2 Å². The third kappa shape index (κ3) is 2.14. The number of methoxy groups -OCH3 is 1. The monoisotopic (exact) mass is 246 g/mol. The van der Waals surface area contributed by atoms with Crippen molar-refractivity contribution in [3.63, 3.8) is 0 Å². The van der Waals surface area contributed by atoms with Crippen LogP contribution in [0.15, 0.2) is 28.9 Å². The summed E-state index contributed by atoms with van der Waals surface area (Å²) in [6.07, 6.45) is 0.861. The summed E-state index contributed by atoms with van der Waals surface area (Å²) in [5.74, 6) is 1.46. The Balaban J connectivity index is 2.43. The molecule has 0 saturated carbocycles. The van der Waals surface area contributed by atoms with E-state index in [4.69, 9.17) is 9.15 Å². The molecule has 0 bridgehead atoms. The molecule has 3 heteroatoms. The van der Waals surface area contributed by atoms with Crippen molar-refractivity contribution in [1.82, 2.24) is 0 Å². The summed E-state index contributed by atoms with van der Waals surface area (Å²) < 4.78 is 10.7. The van der Waals surface area contributed by atoms with Crippen molar-refractivity contribution in [2.24, 2.45) is 0 Å². The molecule has 0 aliphatic carbocycles. The van der Waals surface area contributed by atoms with E-state index in [2.05, 4.69) is 0 Å². The van der Waals surface area contributed by atoms with Gasteiger partial charge < -0.3 is 14.3 Å². The number of aliphatic hydroxyl groups excluding tert-OH is 1. The lowest BCUT2D eigenvalue weighted by Crippen LogP contribution is -2.02. The zero-order valence-electron chi connectivity index (χ0n) is 11.2. The second-order valence-corrected chi connectivity index (χ2v) is 4.56. The van der Waals surface area contributed by atoms with Crippen LogP contribution in [0.25, 0.3) is 0 Å². The van der Waals surface area contributed by atoms with Gasteiger partial charge in [-0.25, -0.2) is 0 Å². The fraction of sp³-hybridized carbons (Fsp3) is 0.333. The van der Waals surface area contributed by atoms with Gasteiger partial charge in [-0.1, -0.05) is 0 Å². The molecule has 0 amide bonds. The number of aliphatic hydroxyl groups is 1. The highest BCUT2D eigenvalue weighted by Crippen LogP contribution is 2.31. The number of hydrogen-bond acceptors (Lipinski definition) is 3. The van der Waals surface area contributed by atoms with Crippen LogP contribution in [0.1, 0.15) is 34.1 Å².